The van der Waals surface area contributed by atoms with Gasteiger partial charge in [-0.3, -0.25) is 0 Å². The average molecular weight is 602 g/mol. The van der Waals surface area contributed by atoms with Crippen LogP contribution in [0.2, 0.25) is 0 Å². The van der Waals surface area contributed by atoms with Gasteiger partial charge in [0.15, 0.2) is 11.4 Å². The van der Waals surface area contributed by atoms with Crippen LogP contribution in [-0.2, 0) is 0 Å². The Kier molecular flexibility index (Phi) is 6.43. The molecule has 0 N–H and O–H groups in total. The maximum absolute atomic E-state index is 6.44. The summed E-state index contributed by atoms with van der Waals surface area (Å²) >= 11 is 0. The average Bonchev–Trinajstić information content (AvgIpc) is 3.52. The topological polar surface area (TPSA) is 51.8 Å². The first-order chi connectivity index (χ1) is 23.3. The van der Waals surface area contributed by atoms with Crippen molar-refractivity contribution in [2.24, 2.45) is 0 Å². The van der Waals surface area contributed by atoms with E-state index in [2.05, 4.69) is 109 Å². The van der Waals surface area contributed by atoms with Crippen molar-refractivity contribution in [3.05, 3.63) is 164 Å². The molecule has 0 aliphatic rings. The van der Waals surface area contributed by atoms with E-state index in [1.807, 2.05) is 54.6 Å². The molecule has 9 aromatic rings. The molecule has 0 amide bonds. The molecule has 6 aromatic carbocycles. The van der Waals surface area contributed by atoms with Crippen LogP contribution in [0.15, 0.2) is 168 Å². The van der Waals surface area contributed by atoms with E-state index in [4.69, 9.17) is 19.4 Å². The fourth-order valence-electron chi connectivity index (χ4n) is 6.36. The van der Waals surface area contributed by atoms with Crippen LogP contribution in [0.25, 0.3) is 89.1 Å². The zero-order valence-corrected chi connectivity index (χ0v) is 25.3. The lowest BCUT2D eigenvalue weighted by Gasteiger charge is -2.11. The highest BCUT2D eigenvalue weighted by molar-refractivity contribution is 6.14. The largest absolute Gasteiger partial charge is 0.454 e. The van der Waals surface area contributed by atoms with E-state index < -0.39 is 0 Å². The van der Waals surface area contributed by atoms with Gasteiger partial charge >= 0.3 is 0 Å². The first-order valence-corrected chi connectivity index (χ1v) is 15.7. The second-order valence-corrected chi connectivity index (χ2v) is 11.6. The number of furan rings is 1. The normalized spacial score (nSPS) is 11.4. The van der Waals surface area contributed by atoms with Gasteiger partial charge in [-0.1, -0.05) is 140 Å². The zero-order chi connectivity index (χ0) is 31.2. The van der Waals surface area contributed by atoms with Crippen molar-refractivity contribution in [1.29, 1.82) is 0 Å². The van der Waals surface area contributed by atoms with Crippen molar-refractivity contribution in [1.82, 2.24) is 15.0 Å². The van der Waals surface area contributed by atoms with Gasteiger partial charge in [0, 0.05) is 33.0 Å². The SMILES string of the molecule is c1ccc(-c2ccc(-c3cc(-c4ccccc4)nc(-c4ccc(-c5c6ccccc6nc6c5oc5ccccc56)cc4)n3)cc2)cc1. The summed E-state index contributed by atoms with van der Waals surface area (Å²) in [5.74, 6) is 0.675. The molecule has 0 saturated carbocycles. The molecular formula is C43H27N3O. The highest BCUT2D eigenvalue weighted by atomic mass is 16.3. The number of hydrogen-bond donors (Lipinski definition) is 0. The smallest absolute Gasteiger partial charge is 0.162 e. The Morgan fingerprint density at radius 1 is 0.383 bits per heavy atom. The van der Waals surface area contributed by atoms with Gasteiger partial charge in [-0.05, 0) is 41.0 Å². The van der Waals surface area contributed by atoms with Gasteiger partial charge in [-0.25, -0.2) is 15.0 Å². The summed E-state index contributed by atoms with van der Waals surface area (Å²) in [6, 6.07) is 56.2. The Hall–Kier alpha value is -6.39. The fraction of sp³-hybridized carbons (Fsp3) is 0. The summed E-state index contributed by atoms with van der Waals surface area (Å²) in [5, 5.41) is 2.07. The van der Waals surface area contributed by atoms with Crippen molar-refractivity contribution in [3.63, 3.8) is 0 Å². The second-order valence-electron chi connectivity index (χ2n) is 11.6. The van der Waals surface area contributed by atoms with Gasteiger partial charge in [0.1, 0.15) is 11.1 Å². The summed E-state index contributed by atoms with van der Waals surface area (Å²) in [6.07, 6.45) is 0. The van der Waals surface area contributed by atoms with E-state index in [0.29, 0.717) is 5.82 Å². The molecule has 220 valence electrons. The summed E-state index contributed by atoms with van der Waals surface area (Å²) in [7, 11) is 0. The molecule has 47 heavy (non-hydrogen) atoms. The van der Waals surface area contributed by atoms with E-state index in [1.165, 1.54) is 11.1 Å². The number of pyridine rings is 1. The Morgan fingerprint density at radius 3 is 1.62 bits per heavy atom. The third-order valence-corrected chi connectivity index (χ3v) is 8.72. The van der Waals surface area contributed by atoms with Crippen LogP contribution in [0.1, 0.15) is 0 Å². The van der Waals surface area contributed by atoms with Crippen LogP contribution < -0.4 is 0 Å². The molecule has 0 fully saturated rings. The lowest BCUT2D eigenvalue weighted by molar-refractivity contribution is 0.670. The van der Waals surface area contributed by atoms with Crippen molar-refractivity contribution >= 4 is 33.0 Å². The Morgan fingerprint density at radius 2 is 0.894 bits per heavy atom. The van der Waals surface area contributed by atoms with Crippen LogP contribution in [-0.4, -0.2) is 15.0 Å². The van der Waals surface area contributed by atoms with E-state index >= 15 is 0 Å². The van der Waals surface area contributed by atoms with Crippen LogP contribution in [0.4, 0.5) is 0 Å². The van der Waals surface area contributed by atoms with Gasteiger partial charge in [-0.15, -0.1) is 0 Å². The van der Waals surface area contributed by atoms with Crippen LogP contribution in [0.3, 0.4) is 0 Å². The molecule has 0 spiro atoms. The van der Waals surface area contributed by atoms with Gasteiger partial charge in [0.05, 0.1) is 16.9 Å². The number of rotatable bonds is 5. The summed E-state index contributed by atoms with van der Waals surface area (Å²) in [6.45, 7) is 0. The summed E-state index contributed by atoms with van der Waals surface area (Å²) < 4.78 is 6.44. The quantitative estimate of drug-likeness (QED) is 0.197. The van der Waals surface area contributed by atoms with Crippen LogP contribution >= 0.6 is 0 Å². The van der Waals surface area contributed by atoms with E-state index in [0.717, 1.165) is 72.2 Å². The first kappa shape index (κ1) is 27.0. The first-order valence-electron chi connectivity index (χ1n) is 15.7. The molecule has 0 bridgehead atoms. The summed E-state index contributed by atoms with van der Waals surface area (Å²) in [4.78, 5) is 15.2. The molecule has 3 aromatic heterocycles. The number of para-hydroxylation sites is 2. The molecule has 0 unspecified atom stereocenters. The minimum atomic E-state index is 0.675. The van der Waals surface area contributed by atoms with Crippen molar-refractivity contribution in [3.8, 4) is 56.2 Å². The van der Waals surface area contributed by atoms with E-state index in [1.54, 1.807) is 0 Å². The van der Waals surface area contributed by atoms with Crippen molar-refractivity contribution in [2.45, 2.75) is 0 Å². The minimum absolute atomic E-state index is 0.675. The molecule has 0 radical (unpaired) electrons. The number of benzene rings is 6. The summed E-state index contributed by atoms with van der Waals surface area (Å²) in [5.41, 5.74) is 12.7. The molecule has 0 atom stereocenters. The van der Waals surface area contributed by atoms with Crippen LogP contribution in [0, 0.1) is 0 Å². The third kappa shape index (κ3) is 4.84. The second kappa shape index (κ2) is 11.2. The van der Waals surface area contributed by atoms with Crippen LogP contribution in [0.5, 0.6) is 0 Å². The number of aromatic nitrogens is 3. The molecule has 0 aliphatic heterocycles. The van der Waals surface area contributed by atoms with Gasteiger partial charge in [0.2, 0.25) is 0 Å². The third-order valence-electron chi connectivity index (χ3n) is 8.72. The molecule has 0 aliphatic carbocycles. The Balaban J connectivity index is 1.16. The van der Waals surface area contributed by atoms with Crippen molar-refractivity contribution < 1.29 is 4.42 Å². The molecule has 0 saturated heterocycles. The maximum Gasteiger partial charge on any atom is 0.162 e. The molecule has 4 nitrogen and oxygen atoms in total. The van der Waals surface area contributed by atoms with Gasteiger partial charge in [-0.2, -0.15) is 0 Å². The number of hydrogen-bond acceptors (Lipinski definition) is 4. The van der Waals surface area contributed by atoms with Crippen molar-refractivity contribution in [2.75, 3.05) is 0 Å². The highest BCUT2D eigenvalue weighted by Gasteiger charge is 2.18. The monoisotopic (exact) mass is 601 g/mol. The molecular weight excluding hydrogens is 574 g/mol. The molecule has 4 heteroatoms. The molecule has 3 heterocycles. The van der Waals surface area contributed by atoms with Gasteiger partial charge < -0.3 is 4.42 Å². The lowest BCUT2D eigenvalue weighted by Crippen LogP contribution is -1.96. The minimum Gasteiger partial charge on any atom is -0.454 e. The van der Waals surface area contributed by atoms with Gasteiger partial charge in [0.25, 0.3) is 0 Å². The molecule has 9 rings (SSSR count). The number of nitrogens with zero attached hydrogens (tertiary/aromatic N) is 3. The standard InChI is InChI=1S/C43H27N3O/c1-3-11-28(12-4-1)29-19-21-31(22-20-29)38-27-37(30-13-5-2-6-14-30)45-43(46-38)33-25-23-32(24-26-33)40-34-15-7-9-17-36(34)44-41-35-16-8-10-18-39(35)47-42(40)41/h1-27H. The zero-order valence-electron chi connectivity index (χ0n) is 25.3. The maximum atomic E-state index is 6.44. The number of fused-ring (bicyclic) bond motifs is 4. The lowest BCUT2D eigenvalue weighted by atomic mass is 9.98. The van der Waals surface area contributed by atoms with E-state index in [-0.39, 0.29) is 0 Å². The Bertz CT molecular complexity index is 2540. The highest BCUT2D eigenvalue weighted by Crippen LogP contribution is 2.40. The predicted octanol–water partition coefficient (Wildman–Crippen LogP) is 11.3. The Labute approximate surface area is 271 Å². The van der Waals surface area contributed by atoms with E-state index in [9.17, 15) is 0 Å². The fourth-order valence-corrected chi connectivity index (χ4v) is 6.36. The predicted molar refractivity (Wildman–Crippen MR) is 192 cm³/mol.